The molecule has 0 aliphatic rings. The normalized spacial score (nSPS) is 13.1. The Morgan fingerprint density at radius 1 is 1.25 bits per heavy atom. The highest BCUT2D eigenvalue weighted by molar-refractivity contribution is 7.99. The molecule has 16 heavy (non-hydrogen) atoms. The third-order valence-corrected chi connectivity index (χ3v) is 3.45. The van der Waals surface area contributed by atoms with E-state index in [-0.39, 0.29) is 6.10 Å². The van der Waals surface area contributed by atoms with Crippen LogP contribution in [-0.4, -0.2) is 36.4 Å². The number of rotatable bonds is 6. The number of aliphatic hydroxyl groups is 1. The van der Waals surface area contributed by atoms with E-state index >= 15 is 0 Å². The summed E-state index contributed by atoms with van der Waals surface area (Å²) in [7, 11) is 4.17. The van der Waals surface area contributed by atoms with Gasteiger partial charge in [0.25, 0.3) is 0 Å². The Kier molecular flexibility index (Phi) is 5.88. The van der Waals surface area contributed by atoms with Crippen molar-refractivity contribution in [3.63, 3.8) is 0 Å². The summed E-state index contributed by atoms with van der Waals surface area (Å²) in [4.78, 5) is 3.45. The fourth-order valence-electron chi connectivity index (χ4n) is 1.37. The van der Waals surface area contributed by atoms with Gasteiger partial charge in [-0.2, -0.15) is 0 Å². The van der Waals surface area contributed by atoms with Crippen LogP contribution in [0, 0.1) is 0 Å². The third kappa shape index (κ3) is 4.56. The van der Waals surface area contributed by atoms with Crippen molar-refractivity contribution in [3.05, 3.63) is 29.8 Å². The number of aliphatic hydroxyl groups excluding tert-OH is 1. The molecule has 0 saturated heterocycles. The van der Waals surface area contributed by atoms with E-state index in [9.17, 15) is 5.11 Å². The van der Waals surface area contributed by atoms with E-state index in [1.54, 1.807) is 0 Å². The Bertz CT molecular complexity index is 297. The van der Waals surface area contributed by atoms with Gasteiger partial charge in [-0.15, -0.1) is 11.8 Å². The highest BCUT2D eigenvalue weighted by Gasteiger charge is 2.04. The van der Waals surface area contributed by atoms with E-state index in [2.05, 4.69) is 31.1 Å². The lowest BCUT2D eigenvalue weighted by molar-refractivity contribution is 0.173. The lowest BCUT2D eigenvalue weighted by Crippen LogP contribution is -2.14. The topological polar surface area (TPSA) is 23.5 Å². The minimum Gasteiger partial charge on any atom is -0.388 e. The Labute approximate surface area is 103 Å². The van der Waals surface area contributed by atoms with Crippen LogP contribution in [0.4, 0.5) is 0 Å². The number of nitrogens with zero attached hydrogens (tertiary/aromatic N) is 1. The lowest BCUT2D eigenvalue weighted by atomic mass is 10.1. The zero-order valence-electron chi connectivity index (χ0n) is 10.3. The Balaban J connectivity index is 2.45. The summed E-state index contributed by atoms with van der Waals surface area (Å²) >= 11 is 1.85. The van der Waals surface area contributed by atoms with Gasteiger partial charge >= 0.3 is 0 Å². The molecule has 90 valence electrons. The van der Waals surface area contributed by atoms with Crippen LogP contribution in [-0.2, 0) is 0 Å². The average molecular weight is 239 g/mol. The summed E-state index contributed by atoms with van der Waals surface area (Å²) in [5.41, 5.74) is 1.01. The van der Waals surface area contributed by atoms with E-state index in [0.717, 1.165) is 24.3 Å². The molecule has 0 bridgehead atoms. The summed E-state index contributed by atoms with van der Waals surface area (Å²) in [5.74, 6) is 1.10. The number of thioether (sulfide) groups is 1. The maximum Gasteiger partial charge on any atom is 0.0787 e. The zero-order valence-corrected chi connectivity index (χ0v) is 11.1. The Morgan fingerprint density at radius 3 is 2.38 bits per heavy atom. The van der Waals surface area contributed by atoms with Gasteiger partial charge in [-0.25, -0.2) is 0 Å². The monoisotopic (exact) mass is 239 g/mol. The SMILES string of the molecule is CCC(O)c1ccc(SCCN(C)C)cc1. The van der Waals surface area contributed by atoms with Crippen molar-refractivity contribution in [2.24, 2.45) is 0 Å². The van der Waals surface area contributed by atoms with Crippen LogP contribution < -0.4 is 0 Å². The zero-order chi connectivity index (χ0) is 12.0. The number of benzene rings is 1. The van der Waals surface area contributed by atoms with Crippen LogP contribution in [0.2, 0.25) is 0 Å². The van der Waals surface area contributed by atoms with Gasteiger partial charge in [0.2, 0.25) is 0 Å². The van der Waals surface area contributed by atoms with Gasteiger partial charge in [0.15, 0.2) is 0 Å². The summed E-state index contributed by atoms with van der Waals surface area (Å²) < 4.78 is 0. The predicted octanol–water partition coefficient (Wildman–Crippen LogP) is 2.78. The van der Waals surface area contributed by atoms with Crippen LogP contribution in [0.15, 0.2) is 29.2 Å². The molecular formula is C13H21NOS. The molecule has 3 heteroatoms. The first kappa shape index (κ1) is 13.6. The third-order valence-electron chi connectivity index (χ3n) is 2.46. The van der Waals surface area contributed by atoms with E-state index in [1.807, 2.05) is 30.8 Å². The van der Waals surface area contributed by atoms with Gasteiger partial charge in [-0.05, 0) is 38.2 Å². The molecule has 2 nitrogen and oxygen atoms in total. The minimum absolute atomic E-state index is 0.319. The average Bonchev–Trinajstić information content (AvgIpc) is 2.28. The van der Waals surface area contributed by atoms with Crippen LogP contribution >= 0.6 is 11.8 Å². The van der Waals surface area contributed by atoms with Crippen molar-refractivity contribution in [3.8, 4) is 0 Å². The highest BCUT2D eigenvalue weighted by atomic mass is 32.2. The molecule has 1 N–H and O–H groups in total. The fourth-order valence-corrected chi connectivity index (χ4v) is 2.39. The second-order valence-electron chi connectivity index (χ2n) is 4.14. The van der Waals surface area contributed by atoms with Gasteiger partial charge in [-0.3, -0.25) is 0 Å². The predicted molar refractivity (Wildman–Crippen MR) is 71.0 cm³/mol. The summed E-state index contributed by atoms with van der Waals surface area (Å²) in [6, 6.07) is 8.22. The van der Waals surface area contributed by atoms with Crippen molar-refractivity contribution in [2.45, 2.75) is 24.3 Å². The molecule has 0 amide bonds. The molecule has 0 aromatic heterocycles. The largest absolute Gasteiger partial charge is 0.388 e. The van der Waals surface area contributed by atoms with Crippen molar-refractivity contribution in [2.75, 3.05) is 26.4 Å². The van der Waals surface area contributed by atoms with Gasteiger partial charge < -0.3 is 10.0 Å². The van der Waals surface area contributed by atoms with Crippen molar-refractivity contribution in [1.29, 1.82) is 0 Å². The van der Waals surface area contributed by atoms with Crippen LogP contribution in [0.5, 0.6) is 0 Å². The smallest absolute Gasteiger partial charge is 0.0787 e. The molecule has 1 rings (SSSR count). The second kappa shape index (κ2) is 6.94. The molecule has 0 aliphatic heterocycles. The van der Waals surface area contributed by atoms with Crippen molar-refractivity contribution >= 4 is 11.8 Å². The highest BCUT2D eigenvalue weighted by Crippen LogP contribution is 2.22. The first-order valence-electron chi connectivity index (χ1n) is 5.69. The number of hydrogen-bond acceptors (Lipinski definition) is 3. The molecule has 0 heterocycles. The second-order valence-corrected chi connectivity index (χ2v) is 5.31. The Hall–Kier alpha value is -0.510. The number of hydrogen-bond donors (Lipinski definition) is 1. The molecule has 0 radical (unpaired) electrons. The first-order chi connectivity index (χ1) is 7.63. The van der Waals surface area contributed by atoms with Gasteiger partial charge in [0.1, 0.15) is 0 Å². The molecule has 0 aliphatic carbocycles. The van der Waals surface area contributed by atoms with Crippen LogP contribution in [0.1, 0.15) is 25.0 Å². The molecule has 1 atom stereocenters. The quantitative estimate of drug-likeness (QED) is 0.772. The maximum absolute atomic E-state index is 9.66. The van der Waals surface area contributed by atoms with E-state index in [1.165, 1.54) is 4.90 Å². The molecule has 0 saturated carbocycles. The molecule has 0 fully saturated rings. The van der Waals surface area contributed by atoms with E-state index < -0.39 is 0 Å². The van der Waals surface area contributed by atoms with Gasteiger partial charge in [0, 0.05) is 17.2 Å². The van der Waals surface area contributed by atoms with E-state index in [0.29, 0.717) is 0 Å². The Morgan fingerprint density at radius 2 is 1.88 bits per heavy atom. The van der Waals surface area contributed by atoms with Crippen LogP contribution in [0.25, 0.3) is 0 Å². The van der Waals surface area contributed by atoms with E-state index in [4.69, 9.17) is 0 Å². The fraction of sp³-hybridized carbons (Fsp3) is 0.538. The molecule has 1 unspecified atom stereocenters. The maximum atomic E-state index is 9.66. The summed E-state index contributed by atoms with van der Waals surface area (Å²) in [6.07, 6.45) is 0.452. The molecule has 0 spiro atoms. The lowest BCUT2D eigenvalue weighted by Gasteiger charge is -2.10. The molecule has 1 aromatic carbocycles. The van der Waals surface area contributed by atoms with Crippen LogP contribution in [0.3, 0.4) is 0 Å². The van der Waals surface area contributed by atoms with Crippen molar-refractivity contribution < 1.29 is 5.11 Å². The van der Waals surface area contributed by atoms with Gasteiger partial charge in [-0.1, -0.05) is 19.1 Å². The molecule has 1 aromatic rings. The minimum atomic E-state index is -0.319. The van der Waals surface area contributed by atoms with Crippen molar-refractivity contribution in [1.82, 2.24) is 4.90 Å². The molecular weight excluding hydrogens is 218 g/mol. The van der Waals surface area contributed by atoms with Gasteiger partial charge in [0.05, 0.1) is 6.10 Å². The summed E-state index contributed by atoms with van der Waals surface area (Å²) in [6.45, 7) is 3.08. The summed E-state index contributed by atoms with van der Waals surface area (Å²) in [5, 5.41) is 9.66. The first-order valence-corrected chi connectivity index (χ1v) is 6.67. The standard InChI is InChI=1S/C13H21NOS/c1-4-13(15)11-5-7-12(8-6-11)16-10-9-14(2)3/h5-8,13,15H,4,9-10H2,1-3H3.